The fourth-order valence-electron chi connectivity index (χ4n) is 2.62. The van der Waals surface area contributed by atoms with Gasteiger partial charge in [-0.3, -0.25) is 4.79 Å². The summed E-state index contributed by atoms with van der Waals surface area (Å²) in [6, 6.07) is -0.355. The summed E-state index contributed by atoms with van der Waals surface area (Å²) in [5.41, 5.74) is 5.91. The van der Waals surface area contributed by atoms with E-state index in [2.05, 4.69) is 24.1 Å². The molecule has 0 spiro atoms. The molecule has 0 saturated carbocycles. The molecule has 0 aromatic carbocycles. The predicted octanol–water partition coefficient (Wildman–Crippen LogP) is 2.02. The van der Waals surface area contributed by atoms with Gasteiger partial charge in [-0.1, -0.05) is 27.2 Å². The van der Waals surface area contributed by atoms with Gasteiger partial charge in [0.1, 0.15) is 0 Å². The van der Waals surface area contributed by atoms with Gasteiger partial charge in [-0.25, -0.2) is 0 Å². The number of nitrogens with two attached hydrogens (primary N) is 1. The van der Waals surface area contributed by atoms with Crippen molar-refractivity contribution in [3.05, 3.63) is 0 Å². The van der Waals surface area contributed by atoms with Gasteiger partial charge >= 0.3 is 0 Å². The van der Waals surface area contributed by atoms with Gasteiger partial charge in [0, 0.05) is 6.54 Å². The summed E-state index contributed by atoms with van der Waals surface area (Å²) in [7, 11) is 0. The van der Waals surface area contributed by atoms with Crippen LogP contribution in [0.3, 0.4) is 0 Å². The first kappa shape index (κ1) is 19.7. The van der Waals surface area contributed by atoms with E-state index in [-0.39, 0.29) is 30.3 Å². The van der Waals surface area contributed by atoms with Crippen molar-refractivity contribution in [2.75, 3.05) is 26.2 Å². The fourth-order valence-corrected chi connectivity index (χ4v) is 2.62. The molecule has 2 atom stereocenters. The third-order valence-corrected chi connectivity index (χ3v) is 4.57. The van der Waals surface area contributed by atoms with Crippen molar-refractivity contribution in [3.63, 3.8) is 0 Å². The number of amides is 1. The van der Waals surface area contributed by atoms with Crippen LogP contribution in [-0.4, -0.2) is 43.0 Å². The fraction of sp³-hybridized carbons (Fsp3) is 0.933. The van der Waals surface area contributed by atoms with Crippen LogP contribution >= 0.6 is 12.4 Å². The third kappa shape index (κ3) is 6.42. The summed E-state index contributed by atoms with van der Waals surface area (Å²) >= 11 is 0. The SMILES string of the molecule is CCC(C)C(N)C(=O)NCCC1CCN(CC)CC1.Cl. The second-order valence-corrected chi connectivity index (χ2v) is 5.87. The second kappa shape index (κ2) is 10.4. The smallest absolute Gasteiger partial charge is 0.237 e. The zero-order valence-electron chi connectivity index (χ0n) is 13.2. The van der Waals surface area contributed by atoms with Crippen molar-refractivity contribution in [3.8, 4) is 0 Å². The molecule has 0 radical (unpaired) electrons. The van der Waals surface area contributed by atoms with Gasteiger partial charge < -0.3 is 16.0 Å². The van der Waals surface area contributed by atoms with E-state index in [0.717, 1.165) is 31.8 Å². The molecule has 5 heteroatoms. The van der Waals surface area contributed by atoms with Crippen LogP contribution < -0.4 is 11.1 Å². The normalized spacial score (nSPS) is 20.0. The number of carbonyl (C=O) groups is 1. The van der Waals surface area contributed by atoms with Crippen molar-refractivity contribution in [2.24, 2.45) is 17.6 Å². The minimum atomic E-state index is -0.355. The quantitative estimate of drug-likeness (QED) is 0.756. The van der Waals surface area contributed by atoms with Gasteiger partial charge in [-0.05, 0) is 50.7 Å². The Morgan fingerprint density at radius 3 is 2.45 bits per heavy atom. The zero-order chi connectivity index (χ0) is 14.3. The van der Waals surface area contributed by atoms with Crippen LogP contribution in [0.1, 0.15) is 46.5 Å². The summed E-state index contributed by atoms with van der Waals surface area (Å²) in [6.07, 6.45) is 4.57. The third-order valence-electron chi connectivity index (χ3n) is 4.57. The molecule has 1 aliphatic rings. The van der Waals surface area contributed by atoms with Gasteiger partial charge in [-0.2, -0.15) is 0 Å². The van der Waals surface area contributed by atoms with Gasteiger partial charge in [0.25, 0.3) is 0 Å². The highest BCUT2D eigenvalue weighted by Gasteiger charge is 2.20. The maximum Gasteiger partial charge on any atom is 0.237 e. The summed E-state index contributed by atoms with van der Waals surface area (Å²) in [4.78, 5) is 14.3. The van der Waals surface area contributed by atoms with Crippen molar-refractivity contribution in [1.82, 2.24) is 10.2 Å². The monoisotopic (exact) mass is 305 g/mol. The molecular weight excluding hydrogens is 274 g/mol. The van der Waals surface area contributed by atoms with Crippen LogP contribution in [0.2, 0.25) is 0 Å². The van der Waals surface area contributed by atoms with E-state index < -0.39 is 0 Å². The Morgan fingerprint density at radius 1 is 1.35 bits per heavy atom. The Balaban J connectivity index is 0.00000361. The number of nitrogens with one attached hydrogen (secondary N) is 1. The van der Waals surface area contributed by atoms with Gasteiger partial charge in [-0.15, -0.1) is 12.4 Å². The van der Waals surface area contributed by atoms with Gasteiger partial charge in [0.2, 0.25) is 5.91 Å². The lowest BCUT2D eigenvalue weighted by Crippen LogP contribution is -2.45. The van der Waals surface area contributed by atoms with Crippen LogP contribution in [0.25, 0.3) is 0 Å². The lowest BCUT2D eigenvalue weighted by molar-refractivity contribution is -0.123. The first-order chi connectivity index (χ1) is 9.08. The summed E-state index contributed by atoms with van der Waals surface area (Å²) in [5, 5.41) is 2.99. The summed E-state index contributed by atoms with van der Waals surface area (Å²) in [5.74, 6) is 1.04. The molecule has 1 rings (SSSR count). The van der Waals surface area contributed by atoms with Crippen LogP contribution in [0.5, 0.6) is 0 Å². The molecule has 0 bridgehead atoms. The van der Waals surface area contributed by atoms with Crippen molar-refractivity contribution in [2.45, 2.75) is 52.5 Å². The Hall–Kier alpha value is -0.320. The van der Waals surface area contributed by atoms with E-state index >= 15 is 0 Å². The van der Waals surface area contributed by atoms with Crippen molar-refractivity contribution >= 4 is 18.3 Å². The highest BCUT2D eigenvalue weighted by atomic mass is 35.5. The first-order valence-corrected chi connectivity index (χ1v) is 7.84. The minimum Gasteiger partial charge on any atom is -0.355 e. The molecule has 0 aromatic rings. The molecule has 4 nitrogen and oxygen atoms in total. The number of rotatable bonds is 7. The van der Waals surface area contributed by atoms with E-state index in [4.69, 9.17) is 5.73 Å². The summed E-state index contributed by atoms with van der Waals surface area (Å²) < 4.78 is 0. The number of carbonyl (C=O) groups excluding carboxylic acids is 1. The summed E-state index contributed by atoms with van der Waals surface area (Å²) in [6.45, 7) is 10.7. The zero-order valence-corrected chi connectivity index (χ0v) is 14.0. The molecule has 0 aromatic heterocycles. The molecule has 20 heavy (non-hydrogen) atoms. The Bertz CT molecular complexity index is 268. The minimum absolute atomic E-state index is 0. The number of piperidine rings is 1. The van der Waals surface area contributed by atoms with E-state index in [0.29, 0.717) is 0 Å². The van der Waals surface area contributed by atoms with Crippen LogP contribution in [-0.2, 0) is 4.79 Å². The number of halogens is 1. The van der Waals surface area contributed by atoms with Crippen LogP contribution in [0.15, 0.2) is 0 Å². The van der Waals surface area contributed by atoms with Crippen LogP contribution in [0.4, 0.5) is 0 Å². The Labute approximate surface area is 130 Å². The van der Waals surface area contributed by atoms with E-state index in [1.54, 1.807) is 0 Å². The standard InChI is InChI=1S/C15H31N3O.ClH/c1-4-12(3)14(16)15(19)17-9-6-13-7-10-18(5-2)11-8-13;/h12-14H,4-11,16H2,1-3H3,(H,17,19);1H. The molecule has 120 valence electrons. The molecule has 0 aliphatic carbocycles. The highest BCUT2D eigenvalue weighted by Crippen LogP contribution is 2.19. The van der Waals surface area contributed by atoms with Crippen molar-refractivity contribution < 1.29 is 4.79 Å². The molecule has 1 heterocycles. The second-order valence-electron chi connectivity index (χ2n) is 5.87. The largest absolute Gasteiger partial charge is 0.355 e. The van der Waals surface area contributed by atoms with Crippen LogP contribution in [0, 0.1) is 11.8 Å². The van der Waals surface area contributed by atoms with Gasteiger partial charge in [0.15, 0.2) is 0 Å². The topological polar surface area (TPSA) is 58.4 Å². The molecule has 2 unspecified atom stereocenters. The first-order valence-electron chi connectivity index (χ1n) is 7.84. The molecule has 1 saturated heterocycles. The average Bonchev–Trinajstić information content (AvgIpc) is 2.46. The number of likely N-dealkylation sites (tertiary alicyclic amines) is 1. The molecule has 1 aliphatic heterocycles. The molecule has 3 N–H and O–H groups in total. The molecule has 1 fully saturated rings. The maximum atomic E-state index is 11.8. The van der Waals surface area contributed by atoms with E-state index in [1.165, 1.54) is 25.9 Å². The lowest BCUT2D eigenvalue weighted by Gasteiger charge is -2.31. The maximum absolute atomic E-state index is 11.8. The number of hydrogen-bond acceptors (Lipinski definition) is 3. The molecule has 1 amide bonds. The van der Waals surface area contributed by atoms with Crippen molar-refractivity contribution in [1.29, 1.82) is 0 Å². The Kier molecular flexibility index (Phi) is 10.2. The van der Waals surface area contributed by atoms with E-state index in [1.807, 2.05) is 6.92 Å². The highest BCUT2D eigenvalue weighted by molar-refractivity contribution is 5.85. The lowest BCUT2D eigenvalue weighted by atomic mass is 9.93. The molecular formula is C15H32ClN3O. The predicted molar refractivity (Wildman–Crippen MR) is 87.1 cm³/mol. The average molecular weight is 306 g/mol. The van der Waals surface area contributed by atoms with E-state index in [9.17, 15) is 4.79 Å². The van der Waals surface area contributed by atoms with Gasteiger partial charge in [0.05, 0.1) is 6.04 Å². The number of hydrogen-bond donors (Lipinski definition) is 2. The Morgan fingerprint density at radius 2 is 1.95 bits per heavy atom. The number of nitrogens with zero attached hydrogens (tertiary/aromatic N) is 1.